The van der Waals surface area contributed by atoms with Gasteiger partial charge in [0, 0.05) is 37.7 Å². The Balaban J connectivity index is 1.30. The van der Waals surface area contributed by atoms with Crippen LogP contribution < -0.4 is 0 Å². The van der Waals surface area contributed by atoms with Crippen LogP contribution in [0.5, 0.6) is 0 Å². The molecule has 2 aromatic carbocycles. The molecule has 180 valence electrons. The topological polar surface area (TPSA) is 79.8 Å². The van der Waals surface area contributed by atoms with E-state index >= 15 is 0 Å². The molecule has 2 saturated heterocycles. The molecule has 2 aliphatic heterocycles. The fourth-order valence-electron chi connectivity index (χ4n) is 4.86. The van der Waals surface area contributed by atoms with Gasteiger partial charge in [-0.25, -0.2) is 13.4 Å². The molecule has 3 atom stereocenters. The van der Waals surface area contributed by atoms with E-state index < -0.39 is 10.0 Å². The number of likely N-dealkylation sites (tertiary alicyclic amines) is 1. The van der Waals surface area contributed by atoms with Crippen molar-refractivity contribution in [3.05, 3.63) is 59.1 Å². The van der Waals surface area contributed by atoms with Crippen LogP contribution >= 0.6 is 11.3 Å². The largest absolute Gasteiger partial charge is 0.373 e. The number of fused-ring (bicyclic) bond motifs is 1. The maximum atomic E-state index is 13.2. The number of piperidine rings is 1. The molecule has 0 aliphatic carbocycles. The molecule has 1 amide bonds. The summed E-state index contributed by atoms with van der Waals surface area (Å²) >= 11 is 1.70. The second-order valence-electron chi connectivity index (χ2n) is 9.21. The second-order valence-corrected chi connectivity index (χ2v) is 12.2. The van der Waals surface area contributed by atoms with Gasteiger partial charge in [-0.1, -0.05) is 12.1 Å². The first-order valence-corrected chi connectivity index (χ1v) is 14.0. The van der Waals surface area contributed by atoms with Crippen molar-refractivity contribution in [3.8, 4) is 0 Å². The van der Waals surface area contributed by atoms with Crippen molar-refractivity contribution < 1.29 is 17.9 Å². The highest BCUT2D eigenvalue weighted by Crippen LogP contribution is 2.33. The number of ether oxygens (including phenoxy) is 1. The van der Waals surface area contributed by atoms with Gasteiger partial charge < -0.3 is 9.64 Å². The summed E-state index contributed by atoms with van der Waals surface area (Å²) in [5, 5.41) is 1.08. The highest BCUT2D eigenvalue weighted by atomic mass is 32.2. The van der Waals surface area contributed by atoms with Crippen molar-refractivity contribution in [3.63, 3.8) is 0 Å². The molecule has 2 fully saturated rings. The molecular formula is C25H29N3O4S2. The molecule has 0 bridgehead atoms. The first-order chi connectivity index (χ1) is 16.3. The smallest absolute Gasteiger partial charge is 0.253 e. The summed E-state index contributed by atoms with van der Waals surface area (Å²) in [6.45, 7) is 5.73. The predicted octanol–water partition coefficient (Wildman–Crippen LogP) is 4.11. The molecule has 7 nitrogen and oxygen atoms in total. The summed E-state index contributed by atoms with van der Waals surface area (Å²) in [6.07, 6.45) is 1.63. The van der Waals surface area contributed by atoms with Gasteiger partial charge in [0.2, 0.25) is 10.0 Å². The Labute approximate surface area is 204 Å². The maximum absolute atomic E-state index is 13.2. The van der Waals surface area contributed by atoms with Crippen LogP contribution in [0.4, 0.5) is 0 Å². The maximum Gasteiger partial charge on any atom is 0.253 e. The van der Waals surface area contributed by atoms with E-state index in [1.807, 2.05) is 36.9 Å². The number of nitrogens with zero attached hydrogens (tertiary/aromatic N) is 3. The number of thiazole rings is 1. The van der Waals surface area contributed by atoms with E-state index in [1.165, 1.54) is 9.01 Å². The molecule has 34 heavy (non-hydrogen) atoms. The molecule has 0 unspecified atom stereocenters. The van der Waals surface area contributed by atoms with Gasteiger partial charge in [-0.2, -0.15) is 4.31 Å². The Hall–Kier alpha value is -2.33. The van der Waals surface area contributed by atoms with Crippen molar-refractivity contribution in [2.45, 2.75) is 49.7 Å². The Morgan fingerprint density at radius 1 is 1.03 bits per heavy atom. The fourth-order valence-corrected chi connectivity index (χ4v) is 7.54. The van der Waals surface area contributed by atoms with Crippen LogP contribution in [0.2, 0.25) is 0 Å². The number of carbonyl (C=O) groups excluding carboxylic acids is 1. The van der Waals surface area contributed by atoms with Crippen LogP contribution in [-0.2, 0) is 14.8 Å². The molecule has 3 heterocycles. The van der Waals surface area contributed by atoms with E-state index in [2.05, 4.69) is 6.07 Å². The average Bonchev–Trinajstić information content (AvgIpc) is 3.28. The standard InChI is InChI=1S/C25H29N3O4S2/c1-17-14-28(15-18(2)32-17)34(30,31)21-11-9-19(10-12-21)25(29)27-13-5-6-20(16-27)24-26-22-7-3-4-8-23(22)33-24/h3-4,7-12,17-18,20H,5-6,13-16H2,1-2H3/t17-,18+,20-/m0/s1. The number of sulfonamides is 1. The third-order valence-corrected chi connectivity index (χ3v) is 9.54. The predicted molar refractivity (Wildman–Crippen MR) is 133 cm³/mol. The van der Waals surface area contributed by atoms with Gasteiger partial charge in [0.05, 0.1) is 32.3 Å². The highest BCUT2D eigenvalue weighted by Gasteiger charge is 2.33. The molecule has 3 aromatic rings. The minimum Gasteiger partial charge on any atom is -0.373 e. The van der Waals surface area contributed by atoms with E-state index in [9.17, 15) is 13.2 Å². The number of para-hydroxylation sites is 1. The monoisotopic (exact) mass is 499 g/mol. The SMILES string of the molecule is C[C@@H]1CN(S(=O)(=O)c2ccc(C(=O)N3CCC[C@H](c4nc5ccccc5s4)C3)cc2)C[C@H](C)O1. The first-order valence-electron chi connectivity index (χ1n) is 11.7. The Kier molecular flexibility index (Phi) is 6.45. The van der Waals surface area contributed by atoms with Gasteiger partial charge in [0.25, 0.3) is 5.91 Å². The van der Waals surface area contributed by atoms with Crippen LogP contribution in [0, 0.1) is 0 Å². The second kappa shape index (κ2) is 9.37. The van der Waals surface area contributed by atoms with Crippen LogP contribution in [0.25, 0.3) is 10.2 Å². The van der Waals surface area contributed by atoms with E-state index in [1.54, 1.807) is 35.6 Å². The Morgan fingerprint density at radius 3 is 2.44 bits per heavy atom. The molecular weight excluding hydrogens is 470 g/mol. The number of rotatable bonds is 4. The van der Waals surface area contributed by atoms with Gasteiger partial charge in [-0.3, -0.25) is 4.79 Å². The molecule has 1 aromatic heterocycles. The van der Waals surface area contributed by atoms with Crippen LogP contribution in [0.15, 0.2) is 53.4 Å². The van der Waals surface area contributed by atoms with Gasteiger partial charge in [0.1, 0.15) is 0 Å². The number of hydrogen-bond donors (Lipinski definition) is 0. The average molecular weight is 500 g/mol. The van der Waals surface area contributed by atoms with E-state index in [4.69, 9.17) is 9.72 Å². The quantitative estimate of drug-likeness (QED) is 0.540. The summed E-state index contributed by atoms with van der Waals surface area (Å²) in [7, 11) is -3.63. The van der Waals surface area contributed by atoms with Gasteiger partial charge in [-0.05, 0) is 63.1 Å². The number of morpholine rings is 1. The number of amides is 1. The minimum absolute atomic E-state index is 0.0663. The van der Waals surface area contributed by atoms with Gasteiger partial charge >= 0.3 is 0 Å². The summed E-state index contributed by atoms with van der Waals surface area (Å²) in [5.41, 5.74) is 1.51. The highest BCUT2D eigenvalue weighted by molar-refractivity contribution is 7.89. The van der Waals surface area contributed by atoms with E-state index in [-0.39, 0.29) is 28.9 Å². The van der Waals surface area contributed by atoms with E-state index in [0.717, 1.165) is 23.4 Å². The third-order valence-electron chi connectivity index (χ3n) is 6.49. The van der Waals surface area contributed by atoms with Crippen molar-refractivity contribution in [1.82, 2.24) is 14.2 Å². The van der Waals surface area contributed by atoms with Crippen molar-refractivity contribution in [2.24, 2.45) is 0 Å². The number of benzene rings is 2. The van der Waals surface area contributed by atoms with Crippen molar-refractivity contribution >= 4 is 37.5 Å². The summed E-state index contributed by atoms with van der Waals surface area (Å²) in [5.74, 6) is 0.156. The lowest BCUT2D eigenvalue weighted by Crippen LogP contribution is -2.48. The number of hydrogen-bond acceptors (Lipinski definition) is 6. The first kappa shape index (κ1) is 23.4. The lowest BCUT2D eigenvalue weighted by molar-refractivity contribution is -0.0440. The van der Waals surface area contributed by atoms with Crippen molar-refractivity contribution in [1.29, 1.82) is 0 Å². The zero-order valence-electron chi connectivity index (χ0n) is 19.4. The molecule has 2 aliphatic rings. The molecule has 0 radical (unpaired) electrons. The van der Waals surface area contributed by atoms with Crippen LogP contribution in [-0.4, -0.2) is 66.9 Å². The number of carbonyl (C=O) groups is 1. The van der Waals surface area contributed by atoms with Gasteiger partial charge in [0.15, 0.2) is 0 Å². The molecule has 0 N–H and O–H groups in total. The summed E-state index contributed by atoms with van der Waals surface area (Å²) in [6, 6.07) is 14.5. The molecule has 0 spiro atoms. The molecule has 0 saturated carbocycles. The molecule has 9 heteroatoms. The van der Waals surface area contributed by atoms with Crippen LogP contribution in [0.1, 0.15) is 48.0 Å². The van der Waals surface area contributed by atoms with Gasteiger partial charge in [-0.15, -0.1) is 11.3 Å². The van der Waals surface area contributed by atoms with Crippen molar-refractivity contribution in [2.75, 3.05) is 26.2 Å². The van der Waals surface area contributed by atoms with E-state index in [0.29, 0.717) is 31.7 Å². The summed E-state index contributed by atoms with van der Waals surface area (Å²) in [4.78, 5) is 20.1. The number of aromatic nitrogens is 1. The minimum atomic E-state index is -3.63. The normalized spacial score (nSPS) is 24.4. The Bertz CT molecular complexity index is 1250. The zero-order chi connectivity index (χ0) is 23.9. The summed E-state index contributed by atoms with van der Waals surface area (Å²) < 4.78 is 34.5. The lowest BCUT2D eigenvalue weighted by atomic mass is 9.98. The molecule has 5 rings (SSSR count). The Morgan fingerprint density at radius 2 is 1.74 bits per heavy atom. The lowest BCUT2D eigenvalue weighted by Gasteiger charge is -2.34. The fraction of sp³-hybridized carbons (Fsp3) is 0.440. The zero-order valence-corrected chi connectivity index (χ0v) is 21.0. The van der Waals surface area contributed by atoms with Crippen LogP contribution in [0.3, 0.4) is 0 Å². The third kappa shape index (κ3) is 4.62.